The predicted octanol–water partition coefficient (Wildman–Crippen LogP) is 4.10. The van der Waals surface area contributed by atoms with Crippen LogP contribution in [-0.4, -0.2) is 12.5 Å². The zero-order valence-electron chi connectivity index (χ0n) is 8.95. The van der Waals surface area contributed by atoms with E-state index in [0.717, 1.165) is 5.56 Å². The molecule has 0 amide bonds. The Kier molecular flexibility index (Phi) is 7.95. The fourth-order valence-electron chi connectivity index (χ4n) is 0.874. The van der Waals surface area contributed by atoms with Gasteiger partial charge in [0.25, 0.3) is 0 Å². The third-order valence-corrected chi connectivity index (χ3v) is 2.24. The van der Waals surface area contributed by atoms with Gasteiger partial charge in [-0.3, -0.25) is 0 Å². The molecule has 14 heavy (non-hydrogen) atoms. The van der Waals surface area contributed by atoms with Crippen LogP contribution in [0, 0.1) is 5.41 Å². The van der Waals surface area contributed by atoms with Crippen LogP contribution in [0.3, 0.4) is 0 Å². The summed E-state index contributed by atoms with van der Waals surface area (Å²) in [4.78, 5) is 1.27. The van der Waals surface area contributed by atoms with Gasteiger partial charge in [0.15, 0.2) is 0 Å². The largest absolute Gasteiger partial charge is 0.309 e. The van der Waals surface area contributed by atoms with Crippen LogP contribution in [0.15, 0.2) is 35.2 Å². The summed E-state index contributed by atoms with van der Waals surface area (Å²) >= 11 is 1.73. The Hall–Kier alpha value is -1.02. The molecule has 0 heterocycles. The lowest BCUT2D eigenvalue weighted by atomic mass is 10.2. The quantitative estimate of drug-likeness (QED) is 0.585. The zero-order chi connectivity index (χ0) is 10.8. The zero-order valence-corrected chi connectivity index (χ0v) is 9.77. The van der Waals surface area contributed by atoms with E-state index in [4.69, 9.17) is 5.41 Å². The molecule has 0 radical (unpaired) electrons. The molecule has 1 N–H and O–H groups in total. The average molecular weight is 207 g/mol. The van der Waals surface area contributed by atoms with Crippen LogP contribution in [0.2, 0.25) is 0 Å². The van der Waals surface area contributed by atoms with Gasteiger partial charge in [0.2, 0.25) is 0 Å². The third kappa shape index (κ3) is 4.87. The lowest BCUT2D eigenvalue weighted by Crippen LogP contribution is -1.72. The van der Waals surface area contributed by atoms with Crippen LogP contribution in [0.4, 0.5) is 0 Å². The van der Waals surface area contributed by atoms with E-state index < -0.39 is 0 Å². The number of nitrogens with one attached hydrogen (secondary N) is 1. The van der Waals surface area contributed by atoms with E-state index in [2.05, 4.69) is 18.4 Å². The van der Waals surface area contributed by atoms with Crippen molar-refractivity contribution in [3.63, 3.8) is 0 Å². The Labute approximate surface area is 90.7 Å². The summed E-state index contributed by atoms with van der Waals surface area (Å²) in [6, 6.07) is 8.25. The molecule has 0 aromatic heterocycles. The van der Waals surface area contributed by atoms with Crippen molar-refractivity contribution in [1.29, 1.82) is 5.41 Å². The van der Waals surface area contributed by atoms with Gasteiger partial charge in [0, 0.05) is 11.1 Å². The van der Waals surface area contributed by atoms with Gasteiger partial charge in [-0.1, -0.05) is 32.1 Å². The van der Waals surface area contributed by atoms with Gasteiger partial charge < -0.3 is 5.41 Å². The summed E-state index contributed by atoms with van der Waals surface area (Å²) in [5.74, 6) is 0. The Bertz CT molecular complexity index is 275. The second kappa shape index (κ2) is 8.57. The molecule has 1 aromatic rings. The number of hydrogen-bond acceptors (Lipinski definition) is 2. The highest BCUT2D eigenvalue weighted by Crippen LogP contribution is 2.15. The number of benzene rings is 1. The van der Waals surface area contributed by atoms with Crippen LogP contribution in [0.1, 0.15) is 19.4 Å². The Morgan fingerprint density at radius 1 is 1.14 bits per heavy atom. The monoisotopic (exact) mass is 207 g/mol. The lowest BCUT2D eigenvalue weighted by Gasteiger charge is -1.95. The van der Waals surface area contributed by atoms with E-state index in [1.165, 1.54) is 11.1 Å². The normalized spacial score (nSPS) is 9.36. The third-order valence-electron chi connectivity index (χ3n) is 1.50. The second-order valence-electron chi connectivity index (χ2n) is 2.30. The summed E-state index contributed by atoms with van der Waals surface area (Å²) < 4.78 is 0. The van der Waals surface area contributed by atoms with Gasteiger partial charge in [-0.15, -0.1) is 11.8 Å². The summed E-state index contributed by atoms with van der Waals surface area (Å²) in [5.41, 5.74) is 1.14. The smallest absolute Gasteiger partial charge is 0.0177 e. The van der Waals surface area contributed by atoms with Crippen molar-refractivity contribution >= 4 is 24.1 Å². The lowest BCUT2D eigenvalue weighted by molar-refractivity contribution is 1.45. The molecule has 0 aliphatic heterocycles. The molecule has 0 aliphatic rings. The van der Waals surface area contributed by atoms with Crippen LogP contribution >= 0.6 is 11.8 Å². The van der Waals surface area contributed by atoms with E-state index in [0.29, 0.717) is 0 Å². The van der Waals surface area contributed by atoms with E-state index >= 15 is 0 Å². The maximum atomic E-state index is 6.81. The number of hydrogen-bond donors (Lipinski definition) is 1. The molecular weight excluding hydrogens is 190 g/mol. The molecule has 0 unspecified atom stereocenters. The molecule has 0 saturated heterocycles. The molecule has 0 fully saturated rings. The van der Waals surface area contributed by atoms with E-state index in [1.807, 2.05) is 32.1 Å². The Morgan fingerprint density at radius 2 is 1.71 bits per heavy atom. The standard InChI is InChI=1S/C10H11NS.C2H6/c1-12-10-6-4-9(5-7-10)3-2-8-11;1-2/h2-8,11H,1H3;1-2H3/b3-2+,11-8?;. The summed E-state index contributed by atoms with van der Waals surface area (Å²) in [6.45, 7) is 4.00. The van der Waals surface area contributed by atoms with Crippen LogP contribution in [0.25, 0.3) is 6.08 Å². The fraction of sp³-hybridized carbons (Fsp3) is 0.250. The predicted molar refractivity (Wildman–Crippen MR) is 67.4 cm³/mol. The maximum absolute atomic E-state index is 6.81. The van der Waals surface area contributed by atoms with E-state index in [1.54, 1.807) is 17.8 Å². The molecule has 0 saturated carbocycles. The van der Waals surface area contributed by atoms with Crippen molar-refractivity contribution in [1.82, 2.24) is 0 Å². The minimum atomic E-state index is 1.14. The van der Waals surface area contributed by atoms with Gasteiger partial charge in [0.1, 0.15) is 0 Å². The molecule has 1 nitrogen and oxygen atoms in total. The molecule has 0 atom stereocenters. The van der Waals surface area contributed by atoms with Crippen LogP contribution in [0.5, 0.6) is 0 Å². The molecule has 0 bridgehead atoms. The molecule has 1 rings (SSSR count). The van der Waals surface area contributed by atoms with Crippen molar-refractivity contribution in [2.45, 2.75) is 18.7 Å². The first-order chi connectivity index (χ1) is 6.86. The SMILES string of the molecule is CC.CSc1ccc(/C=C/C=N)cc1. The second-order valence-corrected chi connectivity index (χ2v) is 3.18. The van der Waals surface area contributed by atoms with Crippen molar-refractivity contribution in [2.75, 3.05) is 6.26 Å². The molecule has 1 aromatic carbocycles. The summed E-state index contributed by atoms with van der Waals surface area (Å²) in [6.07, 6.45) is 6.97. The van der Waals surface area contributed by atoms with Gasteiger partial charge in [-0.2, -0.15) is 0 Å². The van der Waals surface area contributed by atoms with E-state index in [-0.39, 0.29) is 0 Å². The summed E-state index contributed by atoms with van der Waals surface area (Å²) in [5, 5.41) is 6.81. The highest BCUT2D eigenvalue weighted by molar-refractivity contribution is 7.98. The highest BCUT2D eigenvalue weighted by atomic mass is 32.2. The number of thioether (sulfide) groups is 1. The molecule has 0 spiro atoms. The first kappa shape index (κ1) is 13.0. The van der Waals surface area contributed by atoms with Crippen molar-refractivity contribution < 1.29 is 0 Å². The fourth-order valence-corrected chi connectivity index (χ4v) is 1.28. The van der Waals surface area contributed by atoms with Crippen LogP contribution in [-0.2, 0) is 0 Å². The topological polar surface area (TPSA) is 23.9 Å². The average Bonchev–Trinajstić information content (AvgIpc) is 2.30. The summed E-state index contributed by atoms with van der Waals surface area (Å²) in [7, 11) is 0. The van der Waals surface area contributed by atoms with Gasteiger partial charge in [-0.25, -0.2) is 0 Å². The highest BCUT2D eigenvalue weighted by Gasteiger charge is 1.87. The van der Waals surface area contributed by atoms with E-state index in [9.17, 15) is 0 Å². The van der Waals surface area contributed by atoms with Gasteiger partial charge in [-0.05, 0) is 30.0 Å². The van der Waals surface area contributed by atoms with Crippen molar-refractivity contribution in [2.24, 2.45) is 0 Å². The van der Waals surface area contributed by atoms with Gasteiger partial charge in [0.05, 0.1) is 0 Å². The minimum Gasteiger partial charge on any atom is -0.309 e. The minimum absolute atomic E-state index is 1.14. The van der Waals surface area contributed by atoms with Crippen LogP contribution < -0.4 is 0 Å². The van der Waals surface area contributed by atoms with Crippen molar-refractivity contribution in [3.05, 3.63) is 35.9 Å². The molecule has 76 valence electrons. The first-order valence-electron chi connectivity index (χ1n) is 4.68. The van der Waals surface area contributed by atoms with Crippen molar-refractivity contribution in [3.8, 4) is 0 Å². The first-order valence-corrected chi connectivity index (χ1v) is 5.90. The molecule has 0 aliphatic carbocycles. The Balaban J connectivity index is 0.000000791. The Morgan fingerprint density at radius 3 is 2.14 bits per heavy atom. The molecule has 2 heteroatoms. The van der Waals surface area contributed by atoms with Gasteiger partial charge >= 0.3 is 0 Å². The molecular formula is C12H17NS. The number of rotatable bonds is 3. The maximum Gasteiger partial charge on any atom is 0.0177 e. The number of allylic oxidation sites excluding steroid dienone is 1.